The Morgan fingerprint density at radius 2 is 1.90 bits per heavy atom. The summed E-state index contributed by atoms with van der Waals surface area (Å²) in [5.41, 5.74) is 0.461. The van der Waals surface area contributed by atoms with Crippen LogP contribution in [0, 0.1) is 11.3 Å². The van der Waals surface area contributed by atoms with Gasteiger partial charge in [0, 0.05) is 0 Å². The van der Waals surface area contributed by atoms with E-state index in [0.29, 0.717) is 5.41 Å². The second-order valence-electron chi connectivity index (χ2n) is 4.13. The largest absolute Gasteiger partial charge is 0.103 e. The molecule has 0 aromatic rings. The standard InChI is InChI=1S/C10H20/c1-6-7-8-9(2)10(3,4)5/h6,9H,1,7-8H2,2-5H3. The monoisotopic (exact) mass is 140 g/mol. The van der Waals surface area contributed by atoms with Gasteiger partial charge < -0.3 is 0 Å². The maximum absolute atomic E-state index is 3.71. The van der Waals surface area contributed by atoms with Gasteiger partial charge in [0.05, 0.1) is 0 Å². The minimum absolute atomic E-state index is 0.461. The maximum Gasteiger partial charge on any atom is -0.0351 e. The lowest BCUT2D eigenvalue weighted by molar-refractivity contribution is 0.248. The molecular weight excluding hydrogens is 120 g/mol. The number of rotatable bonds is 3. The van der Waals surface area contributed by atoms with Crippen LogP contribution in [0.3, 0.4) is 0 Å². The highest BCUT2D eigenvalue weighted by atomic mass is 14.2. The highest BCUT2D eigenvalue weighted by molar-refractivity contribution is 4.74. The van der Waals surface area contributed by atoms with Gasteiger partial charge in [0.1, 0.15) is 0 Å². The van der Waals surface area contributed by atoms with E-state index in [9.17, 15) is 0 Å². The number of hydrogen-bond acceptors (Lipinski definition) is 0. The van der Waals surface area contributed by atoms with Gasteiger partial charge in [0.2, 0.25) is 0 Å². The van der Waals surface area contributed by atoms with E-state index < -0.39 is 0 Å². The summed E-state index contributed by atoms with van der Waals surface area (Å²) in [5, 5.41) is 0. The van der Waals surface area contributed by atoms with Gasteiger partial charge in [-0.2, -0.15) is 0 Å². The van der Waals surface area contributed by atoms with Crippen LogP contribution in [0.2, 0.25) is 0 Å². The van der Waals surface area contributed by atoms with Gasteiger partial charge in [0.15, 0.2) is 0 Å². The Labute approximate surface area is 65.3 Å². The Morgan fingerprint density at radius 1 is 1.40 bits per heavy atom. The van der Waals surface area contributed by atoms with Gasteiger partial charge in [-0.25, -0.2) is 0 Å². The van der Waals surface area contributed by atoms with E-state index in [-0.39, 0.29) is 0 Å². The molecule has 0 N–H and O–H groups in total. The fourth-order valence-corrected chi connectivity index (χ4v) is 0.801. The second kappa shape index (κ2) is 3.80. The average Bonchev–Trinajstić information content (AvgIpc) is 1.80. The van der Waals surface area contributed by atoms with Gasteiger partial charge >= 0.3 is 0 Å². The predicted molar refractivity (Wildman–Crippen MR) is 48.1 cm³/mol. The van der Waals surface area contributed by atoms with Crippen LogP contribution in [0.5, 0.6) is 0 Å². The SMILES string of the molecule is C=CCCC(C)C(C)(C)C. The molecular formula is C10H20. The molecule has 60 valence electrons. The van der Waals surface area contributed by atoms with Crippen molar-refractivity contribution in [3.05, 3.63) is 12.7 Å². The third-order valence-corrected chi connectivity index (χ3v) is 2.28. The van der Waals surface area contributed by atoms with Gasteiger partial charge in [0.25, 0.3) is 0 Å². The molecule has 10 heavy (non-hydrogen) atoms. The first kappa shape index (κ1) is 9.74. The molecule has 0 spiro atoms. The Hall–Kier alpha value is -0.260. The van der Waals surface area contributed by atoms with Gasteiger partial charge in [-0.3, -0.25) is 0 Å². The molecule has 0 heterocycles. The van der Waals surface area contributed by atoms with E-state index >= 15 is 0 Å². The molecule has 1 unspecified atom stereocenters. The van der Waals surface area contributed by atoms with Crippen molar-refractivity contribution in [3.63, 3.8) is 0 Å². The number of allylic oxidation sites excluding steroid dienone is 1. The lowest BCUT2D eigenvalue weighted by Gasteiger charge is -2.26. The molecule has 0 aliphatic carbocycles. The van der Waals surface area contributed by atoms with Crippen LogP contribution in [0.25, 0.3) is 0 Å². The Balaban J connectivity index is 3.61. The van der Waals surface area contributed by atoms with Crippen molar-refractivity contribution in [2.75, 3.05) is 0 Å². The molecule has 0 fully saturated rings. The topological polar surface area (TPSA) is 0 Å². The van der Waals surface area contributed by atoms with Crippen molar-refractivity contribution in [1.29, 1.82) is 0 Å². The molecule has 0 aliphatic rings. The predicted octanol–water partition coefficient (Wildman–Crippen LogP) is 3.63. The van der Waals surface area contributed by atoms with Gasteiger partial charge in [-0.1, -0.05) is 33.8 Å². The summed E-state index contributed by atoms with van der Waals surface area (Å²) in [6.45, 7) is 12.9. The van der Waals surface area contributed by atoms with Crippen LogP contribution >= 0.6 is 0 Å². The Bertz CT molecular complexity index is 95.1. The van der Waals surface area contributed by atoms with E-state index in [1.807, 2.05) is 6.08 Å². The van der Waals surface area contributed by atoms with Gasteiger partial charge in [-0.05, 0) is 24.2 Å². The molecule has 0 heteroatoms. The van der Waals surface area contributed by atoms with Crippen molar-refractivity contribution in [3.8, 4) is 0 Å². The summed E-state index contributed by atoms with van der Waals surface area (Å²) >= 11 is 0. The smallest absolute Gasteiger partial charge is 0.0351 e. The summed E-state index contributed by atoms with van der Waals surface area (Å²) in [4.78, 5) is 0. The molecule has 0 nitrogen and oxygen atoms in total. The van der Waals surface area contributed by atoms with E-state index in [1.165, 1.54) is 6.42 Å². The lowest BCUT2D eigenvalue weighted by Crippen LogP contribution is -2.16. The zero-order valence-corrected chi connectivity index (χ0v) is 7.78. The highest BCUT2D eigenvalue weighted by Crippen LogP contribution is 2.28. The average molecular weight is 140 g/mol. The zero-order valence-electron chi connectivity index (χ0n) is 7.78. The summed E-state index contributed by atoms with van der Waals surface area (Å²) in [7, 11) is 0. The van der Waals surface area contributed by atoms with Crippen molar-refractivity contribution in [1.82, 2.24) is 0 Å². The minimum atomic E-state index is 0.461. The lowest BCUT2D eigenvalue weighted by atomic mass is 9.79. The summed E-state index contributed by atoms with van der Waals surface area (Å²) in [5.74, 6) is 0.797. The normalized spacial score (nSPS) is 14.8. The second-order valence-corrected chi connectivity index (χ2v) is 4.13. The summed E-state index contributed by atoms with van der Waals surface area (Å²) in [6.07, 6.45) is 4.42. The van der Waals surface area contributed by atoms with Crippen molar-refractivity contribution < 1.29 is 0 Å². The molecule has 0 rings (SSSR count). The highest BCUT2D eigenvalue weighted by Gasteiger charge is 2.18. The van der Waals surface area contributed by atoms with Crippen molar-refractivity contribution in [2.24, 2.45) is 11.3 Å². The third kappa shape index (κ3) is 3.71. The molecule has 0 radical (unpaired) electrons. The molecule has 0 amide bonds. The first-order valence-corrected chi connectivity index (χ1v) is 4.09. The van der Waals surface area contributed by atoms with E-state index in [2.05, 4.69) is 34.3 Å². The molecule has 0 saturated heterocycles. The third-order valence-electron chi connectivity index (χ3n) is 2.28. The fourth-order valence-electron chi connectivity index (χ4n) is 0.801. The van der Waals surface area contributed by atoms with E-state index in [0.717, 1.165) is 12.3 Å². The molecule has 1 atom stereocenters. The maximum atomic E-state index is 3.71. The quantitative estimate of drug-likeness (QED) is 0.525. The van der Waals surface area contributed by atoms with Crippen LogP contribution in [0.1, 0.15) is 40.5 Å². The van der Waals surface area contributed by atoms with Crippen LogP contribution in [-0.4, -0.2) is 0 Å². The van der Waals surface area contributed by atoms with E-state index in [1.54, 1.807) is 0 Å². The summed E-state index contributed by atoms with van der Waals surface area (Å²) in [6, 6.07) is 0. The Kier molecular flexibility index (Phi) is 3.70. The molecule has 0 bridgehead atoms. The molecule has 0 aromatic heterocycles. The number of hydrogen-bond donors (Lipinski definition) is 0. The van der Waals surface area contributed by atoms with Crippen LogP contribution in [0.15, 0.2) is 12.7 Å². The zero-order chi connectivity index (χ0) is 8.20. The van der Waals surface area contributed by atoms with Crippen molar-refractivity contribution >= 4 is 0 Å². The van der Waals surface area contributed by atoms with Crippen LogP contribution < -0.4 is 0 Å². The Morgan fingerprint density at radius 3 is 2.20 bits per heavy atom. The minimum Gasteiger partial charge on any atom is -0.103 e. The summed E-state index contributed by atoms with van der Waals surface area (Å²) < 4.78 is 0. The van der Waals surface area contributed by atoms with E-state index in [4.69, 9.17) is 0 Å². The van der Waals surface area contributed by atoms with Gasteiger partial charge in [-0.15, -0.1) is 6.58 Å². The molecule has 0 saturated carbocycles. The van der Waals surface area contributed by atoms with Crippen LogP contribution in [0.4, 0.5) is 0 Å². The van der Waals surface area contributed by atoms with Crippen molar-refractivity contribution in [2.45, 2.75) is 40.5 Å². The first-order chi connectivity index (χ1) is 4.48. The fraction of sp³-hybridized carbons (Fsp3) is 0.800. The van der Waals surface area contributed by atoms with Crippen LogP contribution in [-0.2, 0) is 0 Å². The molecule has 0 aliphatic heterocycles. The first-order valence-electron chi connectivity index (χ1n) is 4.09. The molecule has 0 aromatic carbocycles.